The zero-order valence-corrected chi connectivity index (χ0v) is 29.1. The van der Waals surface area contributed by atoms with Gasteiger partial charge in [0.2, 0.25) is 0 Å². The van der Waals surface area contributed by atoms with E-state index in [-0.39, 0.29) is 0 Å². The number of carbonyl (C=O) groups is 2. The maximum absolute atomic E-state index is 11.9. The van der Waals surface area contributed by atoms with Gasteiger partial charge in [-0.2, -0.15) is 0 Å². The van der Waals surface area contributed by atoms with Crippen LogP contribution in [0.5, 0.6) is 34.5 Å². The first-order valence-corrected chi connectivity index (χ1v) is 16.4. The third-order valence-corrected chi connectivity index (χ3v) is 7.82. The number of benzene rings is 4. The number of hydrogen-bond acceptors (Lipinski definition) is 8. The Kier molecular flexibility index (Phi) is 12.3. The van der Waals surface area contributed by atoms with Crippen molar-refractivity contribution in [2.24, 2.45) is 0 Å². The predicted molar refractivity (Wildman–Crippen MR) is 192 cm³/mol. The van der Waals surface area contributed by atoms with Crippen molar-refractivity contribution in [2.45, 2.75) is 47.0 Å². The van der Waals surface area contributed by atoms with Crippen LogP contribution < -0.4 is 28.4 Å². The molecular formula is C41H44O8. The van der Waals surface area contributed by atoms with Gasteiger partial charge < -0.3 is 28.4 Å². The lowest BCUT2D eigenvalue weighted by Crippen LogP contribution is -2.22. The molecule has 0 aliphatic carbocycles. The van der Waals surface area contributed by atoms with Gasteiger partial charge in [-0.3, -0.25) is 0 Å². The Bertz CT molecular complexity index is 1660. The number of hydrogen-bond donors (Lipinski definition) is 0. The van der Waals surface area contributed by atoms with Crippen molar-refractivity contribution in [3.05, 3.63) is 109 Å². The fraction of sp³-hybridized carbons (Fsp3) is 0.268. The average Bonchev–Trinajstić information content (AvgIpc) is 3.10. The van der Waals surface area contributed by atoms with Crippen LogP contribution in [0.4, 0.5) is 0 Å². The lowest BCUT2D eigenvalue weighted by Gasteiger charge is -2.33. The van der Waals surface area contributed by atoms with Gasteiger partial charge in [0, 0.05) is 28.7 Å². The highest BCUT2D eigenvalue weighted by atomic mass is 16.5. The number of esters is 2. The first-order chi connectivity index (χ1) is 23.6. The summed E-state index contributed by atoms with van der Waals surface area (Å²) < 4.78 is 35.5. The molecule has 0 aliphatic heterocycles. The first-order valence-electron chi connectivity index (χ1n) is 16.4. The molecule has 0 atom stereocenters. The fourth-order valence-electron chi connectivity index (χ4n) is 5.70. The second kappa shape index (κ2) is 16.6. The molecule has 8 nitrogen and oxygen atoms in total. The SMILES string of the molecule is C=CC(=O)Oc1ccc(-c2c(C(C)(C)c3ccc(OCC)c(OCC)c3-c3ccc(OC(=O)C=C)cc3)ccc(OCC)c2OCC)cc1. The first kappa shape index (κ1) is 36.3. The summed E-state index contributed by atoms with van der Waals surface area (Å²) in [5.41, 5.74) is 4.61. The summed E-state index contributed by atoms with van der Waals surface area (Å²) in [5, 5.41) is 0. The highest BCUT2D eigenvalue weighted by Gasteiger charge is 2.34. The maximum Gasteiger partial charge on any atom is 0.335 e. The molecule has 256 valence electrons. The van der Waals surface area contributed by atoms with Crippen LogP contribution in [0.1, 0.15) is 52.7 Å². The Morgan fingerprint density at radius 2 is 0.898 bits per heavy atom. The summed E-state index contributed by atoms with van der Waals surface area (Å²) in [6.07, 6.45) is 2.25. The van der Waals surface area contributed by atoms with Crippen molar-refractivity contribution >= 4 is 11.9 Å². The summed E-state index contributed by atoms with van der Waals surface area (Å²) in [6, 6.07) is 22.6. The summed E-state index contributed by atoms with van der Waals surface area (Å²) in [6.45, 7) is 20.7. The van der Waals surface area contributed by atoms with Crippen molar-refractivity contribution in [2.75, 3.05) is 26.4 Å². The van der Waals surface area contributed by atoms with E-state index in [9.17, 15) is 9.59 Å². The monoisotopic (exact) mass is 664 g/mol. The molecule has 0 radical (unpaired) electrons. The van der Waals surface area contributed by atoms with Gasteiger partial charge in [0.25, 0.3) is 0 Å². The Balaban J connectivity index is 2.02. The van der Waals surface area contributed by atoms with Crippen LogP contribution in [0.2, 0.25) is 0 Å². The van der Waals surface area contributed by atoms with Crippen LogP contribution in [0.25, 0.3) is 22.3 Å². The zero-order valence-electron chi connectivity index (χ0n) is 29.1. The van der Waals surface area contributed by atoms with Crippen LogP contribution in [0, 0.1) is 0 Å². The number of rotatable bonds is 16. The minimum Gasteiger partial charge on any atom is -0.490 e. The summed E-state index contributed by atoms with van der Waals surface area (Å²) in [4.78, 5) is 23.8. The molecule has 0 N–H and O–H groups in total. The van der Waals surface area contributed by atoms with Crippen molar-refractivity contribution in [3.8, 4) is 56.8 Å². The van der Waals surface area contributed by atoms with Crippen LogP contribution in [-0.4, -0.2) is 38.4 Å². The third-order valence-electron chi connectivity index (χ3n) is 7.82. The molecule has 0 saturated carbocycles. The van der Waals surface area contributed by atoms with Crippen molar-refractivity contribution in [1.29, 1.82) is 0 Å². The van der Waals surface area contributed by atoms with E-state index in [0.29, 0.717) is 60.9 Å². The van der Waals surface area contributed by atoms with Crippen LogP contribution in [-0.2, 0) is 15.0 Å². The van der Waals surface area contributed by atoms with E-state index in [0.717, 1.165) is 45.5 Å². The predicted octanol–water partition coefficient (Wildman–Crippen LogP) is 9.12. The molecule has 0 aromatic heterocycles. The molecule has 0 heterocycles. The Morgan fingerprint density at radius 3 is 1.20 bits per heavy atom. The topological polar surface area (TPSA) is 89.5 Å². The Morgan fingerprint density at radius 1 is 0.551 bits per heavy atom. The van der Waals surface area contributed by atoms with Gasteiger partial charge in [0.15, 0.2) is 23.0 Å². The average molecular weight is 665 g/mol. The minimum atomic E-state index is -0.667. The third kappa shape index (κ3) is 8.15. The van der Waals surface area contributed by atoms with Gasteiger partial charge in [-0.15, -0.1) is 0 Å². The fourth-order valence-corrected chi connectivity index (χ4v) is 5.70. The van der Waals surface area contributed by atoms with E-state index in [1.807, 2.05) is 64.1 Å². The van der Waals surface area contributed by atoms with Gasteiger partial charge >= 0.3 is 11.9 Å². The van der Waals surface area contributed by atoms with E-state index in [2.05, 4.69) is 39.1 Å². The Hall–Kier alpha value is -5.50. The van der Waals surface area contributed by atoms with Crippen LogP contribution in [0.3, 0.4) is 0 Å². The highest BCUT2D eigenvalue weighted by molar-refractivity contribution is 5.86. The number of ether oxygens (including phenoxy) is 6. The highest BCUT2D eigenvalue weighted by Crippen LogP contribution is 2.52. The van der Waals surface area contributed by atoms with Crippen LogP contribution in [0.15, 0.2) is 98.1 Å². The molecule has 49 heavy (non-hydrogen) atoms. The van der Waals surface area contributed by atoms with Gasteiger partial charge in [-0.1, -0.05) is 63.4 Å². The number of carbonyl (C=O) groups excluding carboxylic acids is 2. The molecule has 8 heteroatoms. The normalized spacial score (nSPS) is 10.9. The second-order valence-electron chi connectivity index (χ2n) is 11.3. The molecule has 4 aromatic carbocycles. The summed E-state index contributed by atoms with van der Waals surface area (Å²) in [5.74, 6) is 2.16. The Labute approximate surface area is 288 Å². The lowest BCUT2D eigenvalue weighted by molar-refractivity contribution is -0.129. The molecular weight excluding hydrogens is 620 g/mol. The van der Waals surface area contributed by atoms with Crippen molar-refractivity contribution in [3.63, 3.8) is 0 Å². The summed E-state index contributed by atoms with van der Waals surface area (Å²) >= 11 is 0. The molecule has 4 aromatic rings. The summed E-state index contributed by atoms with van der Waals surface area (Å²) in [7, 11) is 0. The molecule has 0 saturated heterocycles. The standard InChI is InChI=1S/C41H44O8/c1-9-35(42)48-29-19-15-27(16-20-29)37-31(23-25-33(44-11-3)39(37)46-13-5)41(7,8)32-24-26-34(45-12-4)40(47-14-6)38(32)28-17-21-30(22-18-28)49-36(43)10-2/h9-10,15-26H,1-2,11-14H2,3-8H3. The molecule has 4 rings (SSSR count). The van der Waals surface area contributed by atoms with E-state index in [1.165, 1.54) is 0 Å². The van der Waals surface area contributed by atoms with Crippen LogP contribution >= 0.6 is 0 Å². The lowest BCUT2D eigenvalue weighted by atomic mass is 9.72. The van der Waals surface area contributed by atoms with E-state index in [1.54, 1.807) is 24.3 Å². The molecule has 0 unspecified atom stereocenters. The second-order valence-corrected chi connectivity index (χ2v) is 11.3. The molecule has 0 aliphatic rings. The smallest absolute Gasteiger partial charge is 0.335 e. The molecule has 0 bridgehead atoms. The molecule has 0 spiro atoms. The zero-order chi connectivity index (χ0) is 35.6. The minimum absolute atomic E-state index is 0.394. The van der Waals surface area contributed by atoms with Crippen molar-refractivity contribution in [1.82, 2.24) is 0 Å². The largest absolute Gasteiger partial charge is 0.490 e. The maximum atomic E-state index is 11.9. The van der Waals surface area contributed by atoms with Gasteiger partial charge in [0.1, 0.15) is 11.5 Å². The van der Waals surface area contributed by atoms with E-state index in [4.69, 9.17) is 28.4 Å². The van der Waals surface area contributed by atoms with Gasteiger partial charge in [0.05, 0.1) is 26.4 Å². The van der Waals surface area contributed by atoms with Gasteiger partial charge in [-0.05, 0) is 86.3 Å². The molecule has 0 amide bonds. The van der Waals surface area contributed by atoms with E-state index >= 15 is 0 Å². The van der Waals surface area contributed by atoms with Crippen molar-refractivity contribution < 1.29 is 38.0 Å². The van der Waals surface area contributed by atoms with E-state index < -0.39 is 17.4 Å². The quantitative estimate of drug-likeness (QED) is 0.0666. The molecule has 0 fully saturated rings. The van der Waals surface area contributed by atoms with Gasteiger partial charge in [-0.25, -0.2) is 9.59 Å².